The van der Waals surface area contributed by atoms with Gasteiger partial charge < -0.3 is 4.98 Å². The van der Waals surface area contributed by atoms with Gasteiger partial charge >= 0.3 is 0 Å². The fourth-order valence-corrected chi connectivity index (χ4v) is 1.37. The molecule has 1 heterocycles. The molecule has 0 amide bonds. The van der Waals surface area contributed by atoms with E-state index < -0.39 is 5.82 Å². The number of nitrogens with one attached hydrogen (secondary N) is 1. The van der Waals surface area contributed by atoms with Crippen LogP contribution in [-0.4, -0.2) is 9.97 Å². The number of rotatable bonds is 1. The molecule has 15 heavy (non-hydrogen) atoms. The van der Waals surface area contributed by atoms with Crippen LogP contribution in [0.15, 0.2) is 35.4 Å². The Morgan fingerprint density at radius 3 is 2.80 bits per heavy atom. The van der Waals surface area contributed by atoms with Crippen LogP contribution in [0.1, 0.15) is 0 Å². The van der Waals surface area contributed by atoms with Gasteiger partial charge in [0.15, 0.2) is 0 Å². The van der Waals surface area contributed by atoms with Crippen LogP contribution in [0.4, 0.5) is 4.39 Å². The van der Waals surface area contributed by atoms with Crippen LogP contribution in [0.5, 0.6) is 0 Å². The van der Waals surface area contributed by atoms with E-state index in [0.717, 1.165) is 0 Å². The van der Waals surface area contributed by atoms with Gasteiger partial charge in [-0.2, -0.15) is 0 Å². The zero-order chi connectivity index (χ0) is 10.8. The minimum atomic E-state index is -0.499. The van der Waals surface area contributed by atoms with Gasteiger partial charge in [0, 0.05) is 16.7 Å². The Kier molecular flexibility index (Phi) is 2.51. The smallest absolute Gasteiger partial charge is 0.251 e. The molecular formula is C10H6ClFN2O. The minimum Gasteiger partial charge on any atom is -0.313 e. The highest BCUT2D eigenvalue weighted by Gasteiger charge is 2.06. The van der Waals surface area contributed by atoms with Gasteiger partial charge in [0.05, 0.1) is 12.0 Å². The lowest BCUT2D eigenvalue weighted by Crippen LogP contribution is -2.04. The molecule has 3 nitrogen and oxygen atoms in total. The fraction of sp³-hybridized carbons (Fsp3) is 0. The molecule has 0 radical (unpaired) electrons. The quantitative estimate of drug-likeness (QED) is 0.808. The lowest BCUT2D eigenvalue weighted by Gasteiger charge is -2.01. The Balaban J connectivity index is 2.59. The molecule has 0 bridgehead atoms. The summed E-state index contributed by atoms with van der Waals surface area (Å²) in [5, 5.41) is 0.307. The van der Waals surface area contributed by atoms with Crippen molar-refractivity contribution in [2.75, 3.05) is 0 Å². The van der Waals surface area contributed by atoms with E-state index in [9.17, 15) is 9.18 Å². The van der Waals surface area contributed by atoms with E-state index in [1.54, 1.807) is 6.07 Å². The number of halogens is 2. The van der Waals surface area contributed by atoms with Gasteiger partial charge in [0.1, 0.15) is 5.82 Å². The standard InChI is InChI=1S/C10H6ClFN2O/c11-6-1-2-7(8(12)3-6)9-4-10(15)14-5-13-9/h1-5H,(H,13,14,15). The SMILES string of the molecule is O=c1cc(-c2ccc(Cl)cc2F)nc[nH]1. The van der Waals surface area contributed by atoms with Crippen LogP contribution < -0.4 is 5.56 Å². The summed E-state index contributed by atoms with van der Waals surface area (Å²) in [4.78, 5) is 17.2. The second kappa shape index (κ2) is 3.82. The van der Waals surface area contributed by atoms with Crippen LogP contribution in [0, 0.1) is 5.82 Å². The first-order valence-corrected chi connectivity index (χ1v) is 4.55. The van der Waals surface area contributed by atoms with Crippen molar-refractivity contribution in [1.82, 2.24) is 9.97 Å². The molecule has 0 aliphatic carbocycles. The average Bonchev–Trinajstić information content (AvgIpc) is 2.17. The van der Waals surface area contributed by atoms with Crippen molar-refractivity contribution in [2.24, 2.45) is 0 Å². The first kappa shape index (κ1) is 9.86. The Bertz CT molecular complexity index is 553. The van der Waals surface area contributed by atoms with Crippen LogP contribution in [0.2, 0.25) is 5.02 Å². The number of aromatic nitrogens is 2. The third-order valence-electron chi connectivity index (χ3n) is 1.89. The zero-order valence-corrected chi connectivity index (χ0v) is 8.25. The molecule has 1 N–H and O–H groups in total. The second-order valence-corrected chi connectivity index (χ2v) is 3.36. The number of hydrogen-bond donors (Lipinski definition) is 1. The van der Waals surface area contributed by atoms with Gasteiger partial charge in [-0.05, 0) is 18.2 Å². The highest BCUT2D eigenvalue weighted by atomic mass is 35.5. The van der Waals surface area contributed by atoms with Crippen molar-refractivity contribution in [2.45, 2.75) is 0 Å². The van der Waals surface area contributed by atoms with Crippen molar-refractivity contribution in [3.05, 3.63) is 51.8 Å². The molecule has 0 atom stereocenters. The molecule has 1 aromatic heterocycles. The molecule has 0 aliphatic heterocycles. The van der Waals surface area contributed by atoms with E-state index in [4.69, 9.17) is 11.6 Å². The maximum Gasteiger partial charge on any atom is 0.251 e. The summed E-state index contributed by atoms with van der Waals surface area (Å²) in [7, 11) is 0. The predicted molar refractivity (Wildman–Crippen MR) is 55.3 cm³/mol. The summed E-state index contributed by atoms with van der Waals surface area (Å²) >= 11 is 5.61. The van der Waals surface area contributed by atoms with Crippen LogP contribution in [0.3, 0.4) is 0 Å². The van der Waals surface area contributed by atoms with Crippen molar-refractivity contribution < 1.29 is 4.39 Å². The Labute approximate surface area is 89.6 Å². The summed E-state index contributed by atoms with van der Waals surface area (Å²) < 4.78 is 13.4. The number of H-pyrrole nitrogens is 1. The van der Waals surface area contributed by atoms with Crippen LogP contribution in [-0.2, 0) is 0 Å². The fourth-order valence-electron chi connectivity index (χ4n) is 1.21. The maximum atomic E-state index is 13.4. The van der Waals surface area contributed by atoms with E-state index >= 15 is 0 Å². The van der Waals surface area contributed by atoms with Crippen molar-refractivity contribution in [3.8, 4) is 11.3 Å². The molecule has 0 spiro atoms. The molecule has 2 rings (SSSR count). The van der Waals surface area contributed by atoms with Gasteiger partial charge in [0.25, 0.3) is 5.56 Å². The molecule has 1 aromatic carbocycles. The molecule has 0 fully saturated rings. The zero-order valence-electron chi connectivity index (χ0n) is 7.50. The number of nitrogens with zero attached hydrogens (tertiary/aromatic N) is 1. The summed E-state index contributed by atoms with van der Waals surface area (Å²) in [5.74, 6) is -0.499. The average molecular weight is 225 g/mol. The summed E-state index contributed by atoms with van der Waals surface area (Å²) in [5.41, 5.74) is 0.216. The van der Waals surface area contributed by atoms with E-state index in [2.05, 4.69) is 9.97 Å². The lowest BCUT2D eigenvalue weighted by atomic mass is 10.1. The molecule has 5 heteroatoms. The third-order valence-corrected chi connectivity index (χ3v) is 2.12. The number of aromatic amines is 1. The summed E-state index contributed by atoms with van der Waals surface area (Å²) in [6, 6.07) is 5.44. The maximum absolute atomic E-state index is 13.4. The first-order chi connectivity index (χ1) is 7.16. The first-order valence-electron chi connectivity index (χ1n) is 4.17. The Hall–Kier alpha value is -1.68. The number of benzene rings is 1. The van der Waals surface area contributed by atoms with Gasteiger partial charge in [-0.15, -0.1) is 0 Å². The minimum absolute atomic E-state index is 0.255. The highest BCUT2D eigenvalue weighted by Crippen LogP contribution is 2.22. The largest absolute Gasteiger partial charge is 0.313 e. The van der Waals surface area contributed by atoms with Crippen molar-refractivity contribution in [3.63, 3.8) is 0 Å². The van der Waals surface area contributed by atoms with Gasteiger partial charge in [-0.25, -0.2) is 9.37 Å². The third kappa shape index (κ3) is 2.05. The number of hydrogen-bond acceptors (Lipinski definition) is 2. The Morgan fingerprint density at radius 1 is 1.33 bits per heavy atom. The van der Waals surface area contributed by atoms with Crippen LogP contribution in [0.25, 0.3) is 11.3 Å². The van der Waals surface area contributed by atoms with E-state index in [-0.39, 0.29) is 16.8 Å². The molecule has 0 saturated carbocycles. The van der Waals surface area contributed by atoms with Crippen LogP contribution >= 0.6 is 11.6 Å². The molecule has 0 aliphatic rings. The molecule has 0 unspecified atom stereocenters. The summed E-state index contributed by atoms with van der Waals surface area (Å²) in [6.45, 7) is 0. The monoisotopic (exact) mass is 224 g/mol. The van der Waals surface area contributed by atoms with E-state index in [1.807, 2.05) is 0 Å². The summed E-state index contributed by atoms with van der Waals surface area (Å²) in [6.07, 6.45) is 1.23. The Morgan fingerprint density at radius 2 is 2.13 bits per heavy atom. The second-order valence-electron chi connectivity index (χ2n) is 2.92. The van der Waals surface area contributed by atoms with Gasteiger partial charge in [-0.1, -0.05) is 11.6 Å². The molecule has 76 valence electrons. The normalized spacial score (nSPS) is 10.3. The van der Waals surface area contributed by atoms with Gasteiger partial charge in [0.2, 0.25) is 0 Å². The topological polar surface area (TPSA) is 45.8 Å². The van der Waals surface area contributed by atoms with E-state index in [1.165, 1.54) is 24.5 Å². The molecule has 0 saturated heterocycles. The van der Waals surface area contributed by atoms with Gasteiger partial charge in [-0.3, -0.25) is 4.79 Å². The predicted octanol–water partition coefficient (Wildman–Crippen LogP) is 2.23. The van der Waals surface area contributed by atoms with Crippen molar-refractivity contribution in [1.29, 1.82) is 0 Å². The van der Waals surface area contributed by atoms with E-state index in [0.29, 0.717) is 5.02 Å². The van der Waals surface area contributed by atoms with Crippen molar-refractivity contribution >= 4 is 11.6 Å². The lowest BCUT2D eigenvalue weighted by molar-refractivity contribution is 0.630. The molecular weight excluding hydrogens is 219 g/mol. The highest BCUT2D eigenvalue weighted by molar-refractivity contribution is 6.30. The molecule has 2 aromatic rings.